The van der Waals surface area contributed by atoms with Crippen molar-refractivity contribution < 1.29 is 8.42 Å². The first kappa shape index (κ1) is 21.3. The molecule has 0 saturated heterocycles. The molecular weight excluding hydrogens is 366 g/mol. The number of nitrogens with zero attached hydrogens (tertiary/aromatic N) is 1. The van der Waals surface area contributed by atoms with Gasteiger partial charge in [0.1, 0.15) is 0 Å². The molecule has 26 heavy (non-hydrogen) atoms. The third-order valence-electron chi connectivity index (χ3n) is 5.41. The van der Waals surface area contributed by atoms with E-state index in [1.54, 1.807) is 20.0 Å². The fourth-order valence-corrected chi connectivity index (χ4v) is 5.20. The van der Waals surface area contributed by atoms with Gasteiger partial charge >= 0.3 is 0 Å². The normalized spacial score (nSPS) is 23.8. The van der Waals surface area contributed by atoms with Gasteiger partial charge in [-0.2, -0.15) is 0 Å². The zero-order chi connectivity index (χ0) is 19.2. The van der Waals surface area contributed by atoms with E-state index in [0.717, 1.165) is 49.2 Å². The molecule has 0 amide bonds. The summed E-state index contributed by atoms with van der Waals surface area (Å²) in [6, 6.07) is 4.06. The number of hydrogen-bond donors (Lipinski definition) is 2. The summed E-state index contributed by atoms with van der Waals surface area (Å²) in [5.74, 6) is 0.293. The highest BCUT2D eigenvalue weighted by molar-refractivity contribution is 7.90. The molecule has 1 saturated carbocycles. The summed E-state index contributed by atoms with van der Waals surface area (Å²) in [6.45, 7) is 6.68. The molecule has 0 unspecified atom stereocenters. The van der Waals surface area contributed by atoms with Gasteiger partial charge in [0.25, 0.3) is 0 Å². The lowest BCUT2D eigenvalue weighted by atomic mass is 9.61. The lowest BCUT2D eigenvalue weighted by molar-refractivity contribution is 0.238. The van der Waals surface area contributed by atoms with Gasteiger partial charge in [-0.05, 0) is 57.6 Å². The average Bonchev–Trinajstić information content (AvgIpc) is 2.63. The Bertz CT molecular complexity index is 692. The molecule has 1 aliphatic rings. The van der Waals surface area contributed by atoms with Gasteiger partial charge in [-0.15, -0.1) is 0 Å². The van der Waals surface area contributed by atoms with Crippen molar-refractivity contribution in [1.29, 1.82) is 0 Å². The minimum atomic E-state index is -3.24. The minimum Gasteiger partial charge on any atom is -0.379 e. The number of sulfonamides is 1. The maximum atomic E-state index is 12.1. The molecule has 0 radical (unpaired) electrons. The molecule has 1 aliphatic carbocycles. The molecule has 1 heterocycles. The van der Waals surface area contributed by atoms with Gasteiger partial charge in [-0.3, -0.25) is 4.98 Å². The largest absolute Gasteiger partial charge is 0.379 e. The molecule has 1 aromatic heterocycles. The van der Waals surface area contributed by atoms with Crippen molar-refractivity contribution in [1.82, 2.24) is 15.0 Å². The molecule has 2 atom stereocenters. The number of hydrogen-bond acceptors (Lipinski definition) is 4. The molecule has 0 aromatic carbocycles. The van der Waals surface area contributed by atoms with E-state index in [2.05, 4.69) is 28.0 Å². The van der Waals surface area contributed by atoms with E-state index in [1.165, 1.54) is 0 Å². The van der Waals surface area contributed by atoms with Gasteiger partial charge in [-0.1, -0.05) is 31.1 Å². The minimum absolute atomic E-state index is 0.263. The van der Waals surface area contributed by atoms with E-state index >= 15 is 0 Å². The van der Waals surface area contributed by atoms with Crippen LogP contribution in [-0.4, -0.2) is 36.7 Å². The van der Waals surface area contributed by atoms with Crippen molar-refractivity contribution in [3.05, 3.63) is 30.1 Å². The summed E-state index contributed by atoms with van der Waals surface area (Å²) < 4.78 is 26.9. The van der Waals surface area contributed by atoms with Crippen molar-refractivity contribution in [3.8, 4) is 0 Å². The Morgan fingerprint density at radius 2 is 2.19 bits per heavy atom. The van der Waals surface area contributed by atoms with Crippen molar-refractivity contribution in [2.24, 2.45) is 5.92 Å². The highest BCUT2D eigenvalue weighted by Crippen LogP contribution is 2.46. The maximum Gasteiger partial charge on any atom is 0.213 e. The van der Waals surface area contributed by atoms with Crippen molar-refractivity contribution in [2.45, 2.75) is 63.5 Å². The molecule has 7 heteroatoms. The van der Waals surface area contributed by atoms with Gasteiger partial charge in [0.2, 0.25) is 10.0 Å². The van der Waals surface area contributed by atoms with E-state index in [4.69, 9.17) is 12.2 Å². The quantitative estimate of drug-likeness (QED) is 0.659. The van der Waals surface area contributed by atoms with E-state index in [-0.39, 0.29) is 5.41 Å². The summed E-state index contributed by atoms with van der Waals surface area (Å²) in [5.41, 5.74) is 0.878. The van der Waals surface area contributed by atoms with Crippen molar-refractivity contribution in [3.63, 3.8) is 0 Å². The van der Waals surface area contributed by atoms with Crippen LogP contribution >= 0.6 is 12.2 Å². The summed E-state index contributed by atoms with van der Waals surface area (Å²) in [5, 5.41) is 2.96. The van der Waals surface area contributed by atoms with Crippen LogP contribution in [0.5, 0.6) is 0 Å². The predicted octanol–water partition coefficient (Wildman–Crippen LogP) is 3.16. The first-order valence-corrected chi connectivity index (χ1v) is 11.5. The first-order valence-electron chi connectivity index (χ1n) is 9.52. The van der Waals surface area contributed by atoms with Crippen LogP contribution in [0.25, 0.3) is 0 Å². The lowest BCUT2D eigenvalue weighted by Crippen LogP contribution is -2.51. The van der Waals surface area contributed by atoms with E-state index < -0.39 is 15.3 Å². The maximum absolute atomic E-state index is 12.1. The predicted molar refractivity (Wildman–Crippen MR) is 111 cm³/mol. The highest BCUT2D eigenvalue weighted by Gasteiger charge is 2.45. The van der Waals surface area contributed by atoms with Crippen LogP contribution in [0.15, 0.2) is 24.5 Å². The molecular formula is C19H31N3O2S2. The van der Waals surface area contributed by atoms with Crippen LogP contribution in [0, 0.1) is 5.92 Å². The molecule has 2 rings (SSSR count). The summed E-state index contributed by atoms with van der Waals surface area (Å²) >= 11 is 5.83. The summed E-state index contributed by atoms with van der Waals surface area (Å²) in [6.07, 6.45) is 8.76. The van der Waals surface area contributed by atoms with Crippen LogP contribution in [0.3, 0.4) is 0 Å². The smallest absolute Gasteiger partial charge is 0.213 e. The third-order valence-corrected chi connectivity index (χ3v) is 7.76. The molecule has 146 valence electrons. The first-order chi connectivity index (χ1) is 12.3. The highest BCUT2D eigenvalue weighted by atomic mass is 32.2. The molecule has 0 aliphatic heterocycles. The second kappa shape index (κ2) is 9.24. The Morgan fingerprint density at radius 3 is 2.81 bits per heavy atom. The molecule has 0 bridgehead atoms. The van der Waals surface area contributed by atoms with Gasteiger partial charge < -0.3 is 5.32 Å². The van der Waals surface area contributed by atoms with E-state index in [0.29, 0.717) is 12.5 Å². The Balaban J connectivity index is 2.27. The Morgan fingerprint density at radius 1 is 1.42 bits per heavy atom. The summed E-state index contributed by atoms with van der Waals surface area (Å²) in [7, 11) is -3.24. The fourth-order valence-electron chi connectivity index (χ4n) is 3.93. The fraction of sp³-hybridized carbons (Fsp3) is 0.684. The Kier molecular flexibility index (Phi) is 7.55. The topological polar surface area (TPSA) is 71.1 Å². The average molecular weight is 398 g/mol. The number of rotatable bonds is 8. The number of likely N-dealkylation sites (N-methyl/N-ethyl adjacent to an activating group) is 1. The van der Waals surface area contributed by atoms with Crippen molar-refractivity contribution in [2.75, 3.05) is 13.1 Å². The van der Waals surface area contributed by atoms with E-state index in [1.807, 2.05) is 12.3 Å². The monoisotopic (exact) mass is 397 g/mol. The molecule has 1 fully saturated rings. The molecule has 5 nitrogen and oxygen atoms in total. The molecule has 1 aromatic rings. The van der Waals surface area contributed by atoms with Crippen LogP contribution < -0.4 is 10.0 Å². The Hall–Kier alpha value is -1.05. The third kappa shape index (κ3) is 4.61. The number of nitrogens with one attached hydrogen (secondary N) is 2. The second-order valence-corrected chi connectivity index (χ2v) is 10.0. The van der Waals surface area contributed by atoms with Gasteiger partial charge in [0.05, 0.1) is 10.2 Å². The van der Waals surface area contributed by atoms with Gasteiger partial charge in [-0.25, -0.2) is 13.1 Å². The molecule has 0 spiro atoms. The lowest BCUT2D eigenvalue weighted by Gasteiger charge is -2.45. The molecule has 2 N–H and O–H groups in total. The van der Waals surface area contributed by atoms with E-state index in [9.17, 15) is 8.42 Å². The number of thiocarbonyl (C=S) groups is 1. The SMILES string of the molecule is CCNC(=S)[C@]1(c2cccnc2)CCCC[C@H]1CCNS(=O)(=O)C(C)C. The summed E-state index contributed by atoms with van der Waals surface area (Å²) in [4.78, 5) is 5.19. The second-order valence-electron chi connectivity index (χ2n) is 7.29. The van der Waals surface area contributed by atoms with Crippen LogP contribution in [0.2, 0.25) is 0 Å². The number of pyridine rings is 1. The van der Waals surface area contributed by atoms with Gasteiger partial charge in [0, 0.05) is 30.9 Å². The van der Waals surface area contributed by atoms with Crippen LogP contribution in [-0.2, 0) is 15.4 Å². The van der Waals surface area contributed by atoms with Crippen LogP contribution in [0.4, 0.5) is 0 Å². The zero-order valence-corrected chi connectivity index (χ0v) is 17.6. The Labute approximate surface area is 163 Å². The standard InChI is InChI=1S/C19H31N3O2S2/c1-4-21-18(25)19(17-9-7-12-20-14-17)11-6-5-8-16(19)10-13-22-26(23,24)15(2)3/h7,9,12,14-16,22H,4-6,8,10-11,13H2,1-3H3,(H,21,25)/t16-,19+/m0/s1. The van der Waals surface area contributed by atoms with Crippen molar-refractivity contribution >= 4 is 27.2 Å². The van der Waals surface area contributed by atoms with Gasteiger partial charge in [0.15, 0.2) is 0 Å². The van der Waals surface area contributed by atoms with Crippen LogP contribution in [0.1, 0.15) is 58.4 Å². The zero-order valence-electron chi connectivity index (χ0n) is 16.0. The number of aromatic nitrogens is 1.